The van der Waals surface area contributed by atoms with Crippen molar-refractivity contribution in [1.29, 1.82) is 0 Å². The van der Waals surface area contributed by atoms with Gasteiger partial charge in [-0.25, -0.2) is 0 Å². The van der Waals surface area contributed by atoms with E-state index in [1.165, 1.54) is 6.07 Å². The number of para-hydroxylation sites is 1. The highest BCUT2D eigenvalue weighted by Crippen LogP contribution is 2.36. The molecule has 136 valence electrons. The summed E-state index contributed by atoms with van der Waals surface area (Å²) in [5, 5.41) is 10.8. The van der Waals surface area contributed by atoms with E-state index >= 15 is 0 Å². The lowest BCUT2D eigenvalue weighted by Gasteiger charge is -2.27. The molecule has 1 amide bonds. The highest BCUT2D eigenvalue weighted by molar-refractivity contribution is 6.06. The van der Waals surface area contributed by atoms with Gasteiger partial charge in [0.15, 0.2) is 0 Å². The molecular formula is C19H20FN3O3. The number of nitrogens with zero attached hydrogens (tertiary/aromatic N) is 3. The Labute approximate surface area is 151 Å². The smallest absolute Gasteiger partial charge is 0.304 e. The molecule has 6 nitrogen and oxygen atoms in total. The largest absolute Gasteiger partial charge is 0.308 e. The molecule has 7 heteroatoms. The van der Waals surface area contributed by atoms with Crippen LogP contribution in [0, 0.1) is 15.9 Å². The summed E-state index contributed by atoms with van der Waals surface area (Å²) in [7, 11) is 4.01. The zero-order valence-electron chi connectivity index (χ0n) is 14.7. The minimum atomic E-state index is -1.00. The first-order valence-electron chi connectivity index (χ1n) is 8.41. The van der Waals surface area contributed by atoms with Crippen molar-refractivity contribution in [2.75, 3.05) is 25.5 Å². The number of anilines is 1. The fourth-order valence-corrected chi connectivity index (χ4v) is 3.42. The molecule has 1 unspecified atom stereocenters. The Morgan fingerprint density at radius 1 is 1.27 bits per heavy atom. The average Bonchev–Trinajstić information content (AvgIpc) is 2.80. The van der Waals surface area contributed by atoms with Gasteiger partial charge in [-0.05, 0) is 50.7 Å². The molecule has 1 aliphatic heterocycles. The van der Waals surface area contributed by atoms with E-state index in [4.69, 9.17) is 0 Å². The van der Waals surface area contributed by atoms with Gasteiger partial charge in [-0.2, -0.15) is 4.39 Å². The third-order valence-electron chi connectivity index (χ3n) is 4.71. The van der Waals surface area contributed by atoms with Crippen LogP contribution in [-0.4, -0.2) is 36.4 Å². The first kappa shape index (κ1) is 18.0. The number of hydrogen-bond donors (Lipinski definition) is 0. The maximum atomic E-state index is 14.0. The second-order valence-electron chi connectivity index (χ2n) is 6.56. The summed E-state index contributed by atoms with van der Waals surface area (Å²) < 4.78 is 14.0. The van der Waals surface area contributed by atoms with E-state index in [1.807, 2.05) is 38.4 Å². The number of rotatable bonds is 3. The summed E-state index contributed by atoms with van der Waals surface area (Å²) in [6.07, 6.45) is 1.71. The summed E-state index contributed by atoms with van der Waals surface area (Å²) in [6, 6.07) is 11.2. The van der Waals surface area contributed by atoms with Gasteiger partial charge in [0, 0.05) is 29.9 Å². The van der Waals surface area contributed by atoms with Crippen LogP contribution in [-0.2, 0) is 0 Å². The van der Waals surface area contributed by atoms with Crippen molar-refractivity contribution in [3.8, 4) is 0 Å². The van der Waals surface area contributed by atoms with Crippen LogP contribution in [0.4, 0.5) is 15.8 Å². The number of halogens is 1. The predicted octanol–water partition coefficient (Wildman–Crippen LogP) is 3.78. The summed E-state index contributed by atoms with van der Waals surface area (Å²) >= 11 is 0. The third-order valence-corrected chi connectivity index (χ3v) is 4.71. The van der Waals surface area contributed by atoms with Crippen molar-refractivity contribution >= 4 is 17.3 Å². The van der Waals surface area contributed by atoms with Gasteiger partial charge in [0.2, 0.25) is 5.82 Å². The third kappa shape index (κ3) is 3.30. The number of hydrogen-bond acceptors (Lipinski definition) is 4. The molecule has 2 aromatic carbocycles. The van der Waals surface area contributed by atoms with Gasteiger partial charge in [-0.3, -0.25) is 14.9 Å². The van der Waals surface area contributed by atoms with Gasteiger partial charge in [-0.15, -0.1) is 0 Å². The van der Waals surface area contributed by atoms with E-state index < -0.39 is 16.4 Å². The van der Waals surface area contributed by atoms with E-state index in [1.54, 1.807) is 4.90 Å². The van der Waals surface area contributed by atoms with Gasteiger partial charge in [0.25, 0.3) is 5.91 Å². The summed E-state index contributed by atoms with van der Waals surface area (Å²) in [6.45, 7) is 0.513. The fourth-order valence-electron chi connectivity index (χ4n) is 3.42. The first-order chi connectivity index (χ1) is 12.4. The second kappa shape index (κ2) is 7.21. The maximum absolute atomic E-state index is 14.0. The Balaban J connectivity index is 2.00. The number of benzene rings is 2. The molecule has 0 fully saturated rings. The standard InChI is InChI=1S/C19H20FN3O3/c1-21(2)16-8-5-11-22(17-7-4-3-6-14(16)17)19(24)13-9-10-18(23(25)26)15(20)12-13/h3-4,6-7,9-10,12,16H,5,8,11H2,1-2H3. The average molecular weight is 357 g/mol. The highest BCUT2D eigenvalue weighted by atomic mass is 19.1. The Hall–Kier alpha value is -2.80. The van der Waals surface area contributed by atoms with Crippen molar-refractivity contribution < 1.29 is 14.1 Å². The SMILES string of the molecule is CN(C)C1CCCN(C(=O)c2ccc([N+](=O)[O-])c(F)c2)c2ccccc21. The fraction of sp³-hybridized carbons (Fsp3) is 0.316. The molecule has 0 bridgehead atoms. The predicted molar refractivity (Wildman–Crippen MR) is 96.8 cm³/mol. The molecule has 0 spiro atoms. The molecule has 1 aliphatic rings. The van der Waals surface area contributed by atoms with Gasteiger partial charge < -0.3 is 9.80 Å². The minimum Gasteiger partial charge on any atom is -0.308 e. The number of carbonyl (C=O) groups excluding carboxylic acids is 1. The monoisotopic (exact) mass is 357 g/mol. The van der Waals surface area contributed by atoms with Crippen LogP contribution in [0.1, 0.15) is 34.8 Å². The Morgan fingerprint density at radius 3 is 2.65 bits per heavy atom. The van der Waals surface area contributed by atoms with Crippen molar-refractivity contribution in [2.24, 2.45) is 0 Å². The number of nitro benzene ring substituents is 1. The van der Waals surface area contributed by atoms with Gasteiger partial charge in [0.1, 0.15) is 0 Å². The molecule has 2 aromatic rings. The normalized spacial score (nSPS) is 16.9. The molecule has 0 saturated carbocycles. The second-order valence-corrected chi connectivity index (χ2v) is 6.56. The molecule has 0 aliphatic carbocycles. The molecule has 0 radical (unpaired) electrons. The molecule has 0 N–H and O–H groups in total. The van der Waals surface area contributed by atoms with Crippen LogP contribution >= 0.6 is 0 Å². The van der Waals surface area contributed by atoms with Crippen LogP contribution in [0.15, 0.2) is 42.5 Å². The van der Waals surface area contributed by atoms with Crippen LogP contribution in [0.3, 0.4) is 0 Å². The van der Waals surface area contributed by atoms with Crippen LogP contribution in [0.25, 0.3) is 0 Å². The van der Waals surface area contributed by atoms with Crippen molar-refractivity contribution in [3.63, 3.8) is 0 Å². The van der Waals surface area contributed by atoms with Crippen molar-refractivity contribution in [3.05, 3.63) is 69.5 Å². The van der Waals surface area contributed by atoms with Gasteiger partial charge in [-0.1, -0.05) is 18.2 Å². The Morgan fingerprint density at radius 2 is 2.00 bits per heavy atom. The zero-order valence-corrected chi connectivity index (χ0v) is 14.7. The van der Waals surface area contributed by atoms with E-state index in [2.05, 4.69) is 4.90 Å². The van der Waals surface area contributed by atoms with Gasteiger partial charge >= 0.3 is 5.69 Å². The summed E-state index contributed by atoms with van der Waals surface area (Å²) in [4.78, 5) is 26.7. The number of fused-ring (bicyclic) bond motifs is 1. The van der Waals surface area contributed by atoms with Crippen LogP contribution in [0.2, 0.25) is 0 Å². The van der Waals surface area contributed by atoms with E-state index in [-0.39, 0.29) is 17.5 Å². The van der Waals surface area contributed by atoms with Crippen LogP contribution in [0.5, 0.6) is 0 Å². The molecular weight excluding hydrogens is 337 g/mol. The Bertz CT molecular complexity index is 854. The molecule has 1 atom stereocenters. The zero-order chi connectivity index (χ0) is 18.8. The maximum Gasteiger partial charge on any atom is 0.304 e. The van der Waals surface area contributed by atoms with Crippen LogP contribution < -0.4 is 4.90 Å². The van der Waals surface area contributed by atoms with E-state index in [9.17, 15) is 19.3 Å². The molecule has 1 heterocycles. The Kier molecular flexibility index (Phi) is 4.99. The molecule has 26 heavy (non-hydrogen) atoms. The quantitative estimate of drug-likeness (QED) is 0.619. The topological polar surface area (TPSA) is 66.7 Å². The molecule has 0 saturated heterocycles. The first-order valence-corrected chi connectivity index (χ1v) is 8.41. The van der Waals surface area contributed by atoms with E-state index in [0.29, 0.717) is 6.54 Å². The number of amides is 1. The lowest BCUT2D eigenvalue weighted by Crippen LogP contribution is -2.32. The minimum absolute atomic E-state index is 0.103. The van der Waals surface area contributed by atoms with Crippen molar-refractivity contribution in [1.82, 2.24) is 4.90 Å². The van der Waals surface area contributed by atoms with Crippen molar-refractivity contribution in [2.45, 2.75) is 18.9 Å². The lowest BCUT2D eigenvalue weighted by molar-refractivity contribution is -0.387. The molecule has 0 aromatic heterocycles. The van der Waals surface area contributed by atoms with Gasteiger partial charge in [0.05, 0.1) is 4.92 Å². The van der Waals surface area contributed by atoms with E-state index in [0.717, 1.165) is 36.2 Å². The number of carbonyl (C=O) groups is 1. The highest BCUT2D eigenvalue weighted by Gasteiger charge is 2.28. The summed E-state index contributed by atoms with van der Waals surface area (Å²) in [5.41, 5.74) is 1.31. The summed E-state index contributed by atoms with van der Waals surface area (Å²) in [5.74, 6) is -1.36. The number of nitro groups is 1. The molecule has 3 rings (SSSR count). The lowest BCUT2D eigenvalue weighted by atomic mass is 10.0.